The summed E-state index contributed by atoms with van der Waals surface area (Å²) in [6, 6.07) is 7.41. The van der Waals surface area contributed by atoms with Crippen molar-refractivity contribution in [2.45, 2.75) is 38.3 Å². The van der Waals surface area contributed by atoms with Gasteiger partial charge in [0, 0.05) is 31.3 Å². The molecular weight excluding hydrogens is 342 g/mol. The lowest BCUT2D eigenvalue weighted by Gasteiger charge is -2.59. The lowest BCUT2D eigenvalue weighted by atomic mass is 9.52. The van der Waals surface area contributed by atoms with Gasteiger partial charge in [0.05, 0.1) is 5.56 Å². The highest BCUT2D eigenvalue weighted by atomic mass is 16.5. The number of likely N-dealkylation sites (N-methyl/N-ethyl adjacent to an activating group) is 1. The van der Waals surface area contributed by atoms with Crippen molar-refractivity contribution in [3.05, 3.63) is 29.8 Å². The summed E-state index contributed by atoms with van der Waals surface area (Å²) in [5.74, 6) is 0.855. The number of nitrogens with zero attached hydrogens (tertiary/aromatic N) is 1. The Labute approximate surface area is 160 Å². The number of ether oxygens (including phenoxy) is 1. The first-order valence-electron chi connectivity index (χ1n) is 9.86. The minimum Gasteiger partial charge on any atom is -0.467 e. The van der Waals surface area contributed by atoms with Crippen LogP contribution >= 0.6 is 0 Å². The van der Waals surface area contributed by atoms with Gasteiger partial charge in [-0.15, -0.1) is 0 Å². The number of fused-ring (bicyclic) bond motifs is 3. The summed E-state index contributed by atoms with van der Waals surface area (Å²) in [7, 11) is 4.00. The highest BCUT2D eigenvalue weighted by molar-refractivity contribution is 5.98. The van der Waals surface area contributed by atoms with E-state index in [2.05, 4.69) is 22.5 Å². The maximum atomic E-state index is 12.9. The average molecular weight is 371 g/mol. The highest BCUT2D eigenvalue weighted by Crippen LogP contribution is 2.58. The molecule has 1 heterocycles. The number of amides is 2. The van der Waals surface area contributed by atoms with Gasteiger partial charge in [0.25, 0.3) is 5.91 Å². The second-order valence-corrected chi connectivity index (χ2v) is 8.89. The van der Waals surface area contributed by atoms with E-state index in [9.17, 15) is 9.59 Å². The summed E-state index contributed by atoms with van der Waals surface area (Å²) >= 11 is 0. The van der Waals surface area contributed by atoms with Crippen LogP contribution in [0.2, 0.25) is 0 Å². The molecule has 1 aromatic carbocycles. The van der Waals surface area contributed by atoms with Crippen molar-refractivity contribution in [1.82, 2.24) is 15.5 Å². The van der Waals surface area contributed by atoms with E-state index in [0.717, 1.165) is 25.8 Å². The topological polar surface area (TPSA) is 70.7 Å². The first kappa shape index (κ1) is 18.3. The van der Waals surface area contributed by atoms with Gasteiger partial charge in [-0.2, -0.15) is 0 Å². The molecule has 4 atom stereocenters. The standard InChI is InChI=1S/C21H29N3O3/c1-20-9-8-14(12-16(20)19(26)22-10-11-24(2)3)21(13-20)23-18(25)15-6-4-5-7-17(15)27-21/h4-7,14,16H,8-13H2,1-3H3,(H,22,26)(H,23,25)/t14-,16+,20+,21-/m1/s1. The van der Waals surface area contributed by atoms with Crippen LogP contribution in [0.15, 0.2) is 24.3 Å². The Balaban J connectivity index is 1.53. The van der Waals surface area contributed by atoms with Crippen LogP contribution in [0, 0.1) is 17.3 Å². The molecule has 4 aliphatic rings. The van der Waals surface area contributed by atoms with Crippen molar-refractivity contribution in [3.63, 3.8) is 0 Å². The van der Waals surface area contributed by atoms with Gasteiger partial charge >= 0.3 is 0 Å². The molecule has 1 spiro atoms. The quantitative estimate of drug-likeness (QED) is 0.849. The third-order valence-electron chi connectivity index (χ3n) is 6.67. The molecule has 0 saturated heterocycles. The Hall–Kier alpha value is -2.08. The predicted octanol–water partition coefficient (Wildman–Crippen LogP) is 2.01. The van der Waals surface area contributed by atoms with Crippen molar-refractivity contribution >= 4 is 11.8 Å². The van der Waals surface area contributed by atoms with Crippen LogP contribution < -0.4 is 15.4 Å². The Kier molecular flexibility index (Phi) is 4.41. The fourth-order valence-electron chi connectivity index (χ4n) is 5.18. The lowest BCUT2D eigenvalue weighted by Crippen LogP contribution is -2.69. The molecule has 1 aliphatic heterocycles. The summed E-state index contributed by atoms with van der Waals surface area (Å²) in [5.41, 5.74) is -0.261. The van der Waals surface area contributed by atoms with Crippen LogP contribution in [0.4, 0.5) is 0 Å². The van der Waals surface area contributed by atoms with Gasteiger partial charge < -0.3 is 20.3 Å². The molecule has 1 aromatic rings. The molecule has 0 radical (unpaired) electrons. The number of carbonyl (C=O) groups is 2. The van der Waals surface area contributed by atoms with Crippen LogP contribution in [-0.2, 0) is 4.79 Å². The fraction of sp³-hybridized carbons (Fsp3) is 0.619. The van der Waals surface area contributed by atoms with Crippen molar-refractivity contribution in [2.24, 2.45) is 17.3 Å². The van der Waals surface area contributed by atoms with Gasteiger partial charge in [-0.25, -0.2) is 0 Å². The van der Waals surface area contributed by atoms with Gasteiger partial charge in [0.2, 0.25) is 5.91 Å². The van der Waals surface area contributed by atoms with Crippen LogP contribution in [0.25, 0.3) is 0 Å². The first-order valence-corrected chi connectivity index (χ1v) is 9.86. The summed E-state index contributed by atoms with van der Waals surface area (Å²) in [4.78, 5) is 27.6. The summed E-state index contributed by atoms with van der Waals surface area (Å²) < 4.78 is 6.40. The number of hydrogen-bond acceptors (Lipinski definition) is 4. The fourth-order valence-corrected chi connectivity index (χ4v) is 5.18. The zero-order valence-electron chi connectivity index (χ0n) is 16.4. The first-order chi connectivity index (χ1) is 12.8. The third-order valence-corrected chi connectivity index (χ3v) is 6.67. The van der Waals surface area contributed by atoms with E-state index in [0.29, 0.717) is 24.3 Å². The summed E-state index contributed by atoms with van der Waals surface area (Å²) in [6.07, 6.45) is 3.40. The van der Waals surface area contributed by atoms with Gasteiger partial charge in [-0.05, 0) is 50.9 Å². The molecule has 27 heavy (non-hydrogen) atoms. The summed E-state index contributed by atoms with van der Waals surface area (Å²) in [6.45, 7) is 3.67. The monoisotopic (exact) mass is 371 g/mol. The van der Waals surface area contributed by atoms with Gasteiger partial charge in [0.15, 0.2) is 5.72 Å². The number of hydrogen-bond donors (Lipinski definition) is 2. The minimum absolute atomic E-state index is 0.0262. The molecular formula is C21H29N3O3. The molecule has 3 fully saturated rings. The van der Waals surface area contributed by atoms with Gasteiger partial charge in [-0.3, -0.25) is 9.59 Å². The zero-order chi connectivity index (χ0) is 19.2. The highest BCUT2D eigenvalue weighted by Gasteiger charge is 2.61. The molecule has 6 heteroatoms. The van der Waals surface area contributed by atoms with E-state index >= 15 is 0 Å². The molecule has 2 amide bonds. The number of carbonyl (C=O) groups excluding carboxylic acids is 2. The molecule has 0 aromatic heterocycles. The number of para-hydroxylation sites is 1. The van der Waals surface area contributed by atoms with Crippen LogP contribution in [0.3, 0.4) is 0 Å². The Bertz CT molecular complexity index is 765. The second kappa shape index (κ2) is 6.51. The SMILES string of the molecule is CN(C)CCNC(=O)[C@@H]1C[C@H]2CC[C@@]1(C)C[C@]21NC(=O)c2ccccc2O1. The predicted molar refractivity (Wildman–Crippen MR) is 102 cm³/mol. The number of benzene rings is 1. The number of nitrogens with one attached hydrogen (secondary N) is 2. The van der Waals surface area contributed by atoms with Crippen molar-refractivity contribution in [1.29, 1.82) is 0 Å². The van der Waals surface area contributed by atoms with Crippen molar-refractivity contribution < 1.29 is 14.3 Å². The van der Waals surface area contributed by atoms with Crippen LogP contribution in [0.5, 0.6) is 5.75 Å². The molecule has 0 unspecified atom stereocenters. The van der Waals surface area contributed by atoms with E-state index in [-0.39, 0.29) is 29.1 Å². The van der Waals surface area contributed by atoms with Gasteiger partial charge in [0.1, 0.15) is 5.75 Å². The Morgan fingerprint density at radius 1 is 1.37 bits per heavy atom. The zero-order valence-corrected chi connectivity index (χ0v) is 16.4. The molecule has 3 saturated carbocycles. The average Bonchev–Trinajstić information content (AvgIpc) is 2.60. The normalized spacial score (nSPS) is 34.1. The molecule has 3 aliphatic carbocycles. The van der Waals surface area contributed by atoms with Crippen LogP contribution in [-0.4, -0.2) is 49.6 Å². The van der Waals surface area contributed by atoms with E-state index in [4.69, 9.17) is 4.74 Å². The molecule has 2 N–H and O–H groups in total. The van der Waals surface area contributed by atoms with Gasteiger partial charge in [-0.1, -0.05) is 19.1 Å². The maximum Gasteiger partial charge on any atom is 0.258 e. The van der Waals surface area contributed by atoms with E-state index in [1.807, 2.05) is 32.3 Å². The smallest absolute Gasteiger partial charge is 0.258 e. The second-order valence-electron chi connectivity index (χ2n) is 8.89. The Morgan fingerprint density at radius 2 is 2.15 bits per heavy atom. The molecule has 146 valence electrons. The Morgan fingerprint density at radius 3 is 2.89 bits per heavy atom. The van der Waals surface area contributed by atoms with Crippen molar-refractivity contribution in [2.75, 3.05) is 27.2 Å². The molecule has 6 nitrogen and oxygen atoms in total. The maximum absolute atomic E-state index is 12.9. The summed E-state index contributed by atoms with van der Waals surface area (Å²) in [5, 5.41) is 6.26. The largest absolute Gasteiger partial charge is 0.467 e. The van der Waals surface area contributed by atoms with E-state index < -0.39 is 5.72 Å². The van der Waals surface area contributed by atoms with Crippen molar-refractivity contribution in [3.8, 4) is 5.75 Å². The van der Waals surface area contributed by atoms with Crippen LogP contribution in [0.1, 0.15) is 43.0 Å². The lowest BCUT2D eigenvalue weighted by molar-refractivity contribution is -0.167. The number of rotatable bonds is 4. The minimum atomic E-state index is -0.682. The third kappa shape index (κ3) is 3.10. The van der Waals surface area contributed by atoms with E-state index in [1.165, 1.54) is 0 Å². The molecule has 5 rings (SSSR count). The molecule has 2 bridgehead atoms. The van der Waals surface area contributed by atoms with E-state index in [1.54, 1.807) is 6.07 Å².